The van der Waals surface area contributed by atoms with Crippen molar-refractivity contribution in [3.8, 4) is 0 Å². The molecule has 2 heterocycles. The Kier molecular flexibility index (Phi) is 5.01. The summed E-state index contributed by atoms with van der Waals surface area (Å²) in [6, 6.07) is -0.432. The Hall–Kier alpha value is -1.11. The Labute approximate surface area is 123 Å². The van der Waals surface area contributed by atoms with Crippen LogP contribution in [-0.4, -0.2) is 47.2 Å². The standard InChI is InChI=1S/C13H20ClN3O3/c1-10(17-7-11(14)6-16-17)12(19)15-8-13(9-18)2-4-20-5-3-13/h6-7,10,18H,2-5,8-9H2,1H3,(H,15,19). The van der Waals surface area contributed by atoms with E-state index < -0.39 is 6.04 Å². The van der Waals surface area contributed by atoms with Crippen molar-refractivity contribution in [1.29, 1.82) is 0 Å². The average Bonchev–Trinajstić information content (AvgIpc) is 2.91. The van der Waals surface area contributed by atoms with Crippen LogP contribution in [0.2, 0.25) is 5.02 Å². The number of aliphatic hydroxyl groups excluding tert-OH is 1. The van der Waals surface area contributed by atoms with Crippen LogP contribution in [-0.2, 0) is 9.53 Å². The number of aliphatic hydroxyl groups is 1. The van der Waals surface area contributed by atoms with Crippen molar-refractivity contribution in [2.45, 2.75) is 25.8 Å². The van der Waals surface area contributed by atoms with E-state index in [0.29, 0.717) is 24.8 Å². The predicted molar refractivity (Wildman–Crippen MR) is 74.5 cm³/mol. The Balaban J connectivity index is 1.90. The van der Waals surface area contributed by atoms with Gasteiger partial charge in [-0.3, -0.25) is 9.48 Å². The molecule has 1 atom stereocenters. The van der Waals surface area contributed by atoms with E-state index in [1.54, 1.807) is 13.1 Å². The van der Waals surface area contributed by atoms with Crippen molar-refractivity contribution in [1.82, 2.24) is 15.1 Å². The summed E-state index contributed by atoms with van der Waals surface area (Å²) >= 11 is 5.79. The largest absolute Gasteiger partial charge is 0.396 e. The number of amides is 1. The summed E-state index contributed by atoms with van der Waals surface area (Å²) in [7, 11) is 0. The molecular weight excluding hydrogens is 282 g/mol. The first kappa shape index (κ1) is 15.3. The van der Waals surface area contributed by atoms with Crippen molar-refractivity contribution in [2.24, 2.45) is 5.41 Å². The van der Waals surface area contributed by atoms with Gasteiger partial charge < -0.3 is 15.2 Å². The molecule has 1 aromatic heterocycles. The molecule has 112 valence electrons. The first-order chi connectivity index (χ1) is 9.56. The van der Waals surface area contributed by atoms with Crippen molar-refractivity contribution in [3.63, 3.8) is 0 Å². The lowest BCUT2D eigenvalue weighted by Crippen LogP contribution is -2.45. The molecule has 2 N–H and O–H groups in total. The fourth-order valence-electron chi connectivity index (χ4n) is 2.26. The quantitative estimate of drug-likeness (QED) is 0.851. The molecule has 1 fully saturated rings. The lowest BCUT2D eigenvalue weighted by Gasteiger charge is -2.35. The van der Waals surface area contributed by atoms with Crippen LogP contribution >= 0.6 is 11.6 Å². The highest BCUT2D eigenvalue weighted by molar-refractivity contribution is 6.30. The third-order valence-corrected chi connectivity index (χ3v) is 4.07. The predicted octanol–water partition coefficient (Wildman–Crippen LogP) is 1.00. The molecule has 0 aromatic carbocycles. The maximum Gasteiger partial charge on any atom is 0.244 e. The lowest BCUT2D eigenvalue weighted by molar-refractivity contribution is -0.125. The van der Waals surface area contributed by atoms with Crippen LogP contribution in [0.1, 0.15) is 25.8 Å². The van der Waals surface area contributed by atoms with Gasteiger partial charge in [-0.2, -0.15) is 5.10 Å². The molecule has 0 saturated carbocycles. The molecule has 0 bridgehead atoms. The summed E-state index contributed by atoms with van der Waals surface area (Å²) in [5.74, 6) is -0.135. The van der Waals surface area contributed by atoms with E-state index in [1.807, 2.05) is 0 Å². The number of ether oxygens (including phenoxy) is 1. The van der Waals surface area contributed by atoms with Gasteiger partial charge in [0.1, 0.15) is 6.04 Å². The summed E-state index contributed by atoms with van der Waals surface area (Å²) in [5, 5.41) is 17.0. The van der Waals surface area contributed by atoms with Gasteiger partial charge in [0, 0.05) is 31.4 Å². The van der Waals surface area contributed by atoms with Gasteiger partial charge in [0.2, 0.25) is 5.91 Å². The van der Waals surface area contributed by atoms with Crippen LogP contribution in [0.15, 0.2) is 12.4 Å². The highest BCUT2D eigenvalue weighted by Crippen LogP contribution is 2.29. The number of halogens is 1. The number of carbonyl (C=O) groups excluding carboxylic acids is 1. The topological polar surface area (TPSA) is 76.4 Å². The zero-order valence-corrected chi connectivity index (χ0v) is 12.3. The van der Waals surface area contributed by atoms with Gasteiger partial charge >= 0.3 is 0 Å². The fraction of sp³-hybridized carbons (Fsp3) is 0.692. The summed E-state index contributed by atoms with van der Waals surface area (Å²) in [4.78, 5) is 12.1. The number of rotatable bonds is 5. The van der Waals surface area contributed by atoms with E-state index in [0.717, 1.165) is 12.8 Å². The molecule has 2 rings (SSSR count). The molecule has 6 nitrogen and oxygen atoms in total. The van der Waals surface area contributed by atoms with E-state index >= 15 is 0 Å². The third kappa shape index (κ3) is 3.50. The number of aromatic nitrogens is 2. The number of nitrogens with zero attached hydrogens (tertiary/aromatic N) is 2. The smallest absolute Gasteiger partial charge is 0.244 e. The molecule has 20 heavy (non-hydrogen) atoms. The second-order valence-corrected chi connectivity index (χ2v) is 5.74. The van der Waals surface area contributed by atoms with E-state index in [-0.39, 0.29) is 17.9 Å². The van der Waals surface area contributed by atoms with Crippen LogP contribution in [0.4, 0.5) is 0 Å². The van der Waals surface area contributed by atoms with Gasteiger partial charge in [0.15, 0.2) is 0 Å². The molecule has 1 aliphatic heterocycles. The highest BCUT2D eigenvalue weighted by atomic mass is 35.5. The lowest BCUT2D eigenvalue weighted by atomic mass is 9.81. The zero-order chi connectivity index (χ0) is 14.6. The van der Waals surface area contributed by atoms with Crippen molar-refractivity contribution >= 4 is 17.5 Å². The van der Waals surface area contributed by atoms with Gasteiger partial charge in [-0.25, -0.2) is 0 Å². The van der Waals surface area contributed by atoms with E-state index in [1.165, 1.54) is 10.9 Å². The average molecular weight is 302 g/mol. The van der Waals surface area contributed by atoms with E-state index in [4.69, 9.17) is 16.3 Å². The monoisotopic (exact) mass is 301 g/mol. The van der Waals surface area contributed by atoms with Crippen LogP contribution in [0, 0.1) is 5.41 Å². The summed E-state index contributed by atoms with van der Waals surface area (Å²) in [6.45, 7) is 3.51. The van der Waals surface area contributed by atoms with Crippen LogP contribution < -0.4 is 5.32 Å². The third-order valence-electron chi connectivity index (χ3n) is 3.87. The minimum atomic E-state index is -0.432. The normalized spacial score (nSPS) is 19.6. The minimum absolute atomic E-state index is 0.0542. The number of hydrogen-bond donors (Lipinski definition) is 2. The Morgan fingerprint density at radius 1 is 1.65 bits per heavy atom. The van der Waals surface area contributed by atoms with Gasteiger partial charge in [-0.05, 0) is 19.8 Å². The number of hydrogen-bond acceptors (Lipinski definition) is 4. The molecule has 1 saturated heterocycles. The molecule has 7 heteroatoms. The van der Waals surface area contributed by atoms with Gasteiger partial charge in [-0.1, -0.05) is 11.6 Å². The number of carbonyl (C=O) groups is 1. The van der Waals surface area contributed by atoms with Gasteiger partial charge in [0.25, 0.3) is 0 Å². The van der Waals surface area contributed by atoms with Crippen molar-refractivity contribution < 1.29 is 14.6 Å². The number of nitrogens with one attached hydrogen (secondary N) is 1. The Morgan fingerprint density at radius 2 is 2.35 bits per heavy atom. The van der Waals surface area contributed by atoms with Crippen molar-refractivity contribution in [2.75, 3.05) is 26.4 Å². The van der Waals surface area contributed by atoms with E-state index in [9.17, 15) is 9.90 Å². The molecule has 1 unspecified atom stereocenters. The molecule has 1 aromatic rings. The molecule has 1 amide bonds. The molecule has 0 radical (unpaired) electrons. The zero-order valence-electron chi connectivity index (χ0n) is 11.5. The maximum absolute atomic E-state index is 12.1. The summed E-state index contributed by atoms with van der Waals surface area (Å²) < 4.78 is 6.82. The Bertz CT molecular complexity index is 457. The summed E-state index contributed by atoms with van der Waals surface area (Å²) in [5.41, 5.74) is -0.268. The molecular formula is C13H20ClN3O3. The first-order valence-corrected chi connectivity index (χ1v) is 7.10. The highest BCUT2D eigenvalue weighted by Gasteiger charge is 2.32. The SMILES string of the molecule is CC(C(=O)NCC1(CO)CCOCC1)n1cc(Cl)cn1. The van der Waals surface area contributed by atoms with Crippen LogP contribution in [0.25, 0.3) is 0 Å². The molecule has 0 aliphatic carbocycles. The van der Waals surface area contributed by atoms with E-state index in [2.05, 4.69) is 10.4 Å². The van der Waals surface area contributed by atoms with Crippen molar-refractivity contribution in [3.05, 3.63) is 17.4 Å². The maximum atomic E-state index is 12.1. The minimum Gasteiger partial charge on any atom is -0.396 e. The van der Waals surface area contributed by atoms with Gasteiger partial charge in [0.05, 0.1) is 17.8 Å². The molecule has 0 spiro atoms. The molecule has 1 aliphatic rings. The second-order valence-electron chi connectivity index (χ2n) is 5.30. The van der Waals surface area contributed by atoms with Gasteiger partial charge in [-0.15, -0.1) is 0 Å². The summed E-state index contributed by atoms with van der Waals surface area (Å²) in [6.07, 6.45) is 4.62. The second kappa shape index (κ2) is 6.56. The Morgan fingerprint density at radius 3 is 2.90 bits per heavy atom. The fourth-order valence-corrected chi connectivity index (χ4v) is 2.41. The van der Waals surface area contributed by atoms with Crippen LogP contribution in [0.5, 0.6) is 0 Å². The van der Waals surface area contributed by atoms with Crippen LogP contribution in [0.3, 0.4) is 0 Å². The first-order valence-electron chi connectivity index (χ1n) is 6.72.